The average molecular weight is 444 g/mol. The van der Waals surface area contributed by atoms with Crippen LogP contribution in [-0.4, -0.2) is 42.3 Å². The van der Waals surface area contributed by atoms with Gasteiger partial charge in [0.15, 0.2) is 0 Å². The first-order valence-electron chi connectivity index (χ1n) is 11.1. The number of halogens is 1. The molecule has 1 aromatic carbocycles. The second kappa shape index (κ2) is 9.88. The molecule has 1 saturated carbocycles. The molecule has 2 heterocycles. The minimum atomic E-state index is 0.00721. The zero-order valence-electron chi connectivity index (χ0n) is 18.1. The van der Waals surface area contributed by atoms with Crippen LogP contribution in [0.5, 0.6) is 5.88 Å². The highest BCUT2D eigenvalue weighted by atomic mass is 35.5. The molecule has 0 radical (unpaired) electrons. The van der Waals surface area contributed by atoms with Gasteiger partial charge < -0.3 is 19.7 Å². The lowest BCUT2D eigenvalue weighted by molar-refractivity contribution is -0.121. The highest BCUT2D eigenvalue weighted by molar-refractivity contribution is 6.30. The fraction of sp³-hybridized carbons (Fsp3) is 0.500. The van der Waals surface area contributed by atoms with Gasteiger partial charge in [0.1, 0.15) is 6.10 Å². The third-order valence-corrected chi connectivity index (χ3v) is 6.18. The number of aromatic nitrogens is 1. The van der Waals surface area contributed by atoms with E-state index in [2.05, 4.69) is 41.2 Å². The molecule has 0 bridgehead atoms. The van der Waals surface area contributed by atoms with Crippen molar-refractivity contribution in [3.05, 3.63) is 47.6 Å². The number of rotatable bonds is 5. The second-order valence-corrected chi connectivity index (χ2v) is 9.04. The number of nitrogens with zero attached hydrogens (tertiary/aromatic N) is 2. The number of amides is 1. The zero-order valence-corrected chi connectivity index (χ0v) is 18.8. The molecule has 4 rings (SSSR count). The van der Waals surface area contributed by atoms with E-state index in [9.17, 15) is 4.79 Å². The number of ether oxygens (including phenoxy) is 2. The van der Waals surface area contributed by atoms with Crippen LogP contribution in [0.25, 0.3) is 0 Å². The van der Waals surface area contributed by atoms with Gasteiger partial charge in [0.25, 0.3) is 0 Å². The second-order valence-electron chi connectivity index (χ2n) is 8.60. The molecule has 2 fully saturated rings. The summed E-state index contributed by atoms with van der Waals surface area (Å²) < 4.78 is 11.7. The van der Waals surface area contributed by atoms with Crippen molar-refractivity contribution in [3.8, 4) is 5.88 Å². The summed E-state index contributed by atoms with van der Waals surface area (Å²) in [5.41, 5.74) is 2.00. The van der Waals surface area contributed by atoms with Crippen molar-refractivity contribution in [2.45, 2.75) is 57.8 Å². The van der Waals surface area contributed by atoms with Crippen molar-refractivity contribution < 1.29 is 14.3 Å². The molecule has 31 heavy (non-hydrogen) atoms. The Morgan fingerprint density at radius 1 is 1.10 bits per heavy atom. The van der Waals surface area contributed by atoms with Crippen LogP contribution in [0.4, 0.5) is 11.4 Å². The smallest absolute Gasteiger partial charge is 0.227 e. The number of nitrogens with one attached hydrogen (secondary N) is 1. The average Bonchev–Trinajstić information content (AvgIpc) is 2.74. The third-order valence-electron chi connectivity index (χ3n) is 5.95. The Hall–Kier alpha value is -2.31. The first-order chi connectivity index (χ1) is 15.0. The van der Waals surface area contributed by atoms with Gasteiger partial charge in [-0.2, -0.15) is 0 Å². The molecule has 1 aliphatic heterocycles. The van der Waals surface area contributed by atoms with Gasteiger partial charge in [-0.15, -0.1) is 0 Å². The number of hydrogen-bond acceptors (Lipinski definition) is 5. The number of carbonyl (C=O) groups excluding carboxylic acids is 1. The van der Waals surface area contributed by atoms with E-state index in [1.807, 2.05) is 12.1 Å². The van der Waals surface area contributed by atoms with Crippen molar-refractivity contribution in [2.24, 2.45) is 5.92 Å². The first-order valence-corrected chi connectivity index (χ1v) is 11.4. The monoisotopic (exact) mass is 443 g/mol. The Morgan fingerprint density at radius 2 is 1.77 bits per heavy atom. The Labute approximate surface area is 188 Å². The number of anilines is 2. The lowest BCUT2D eigenvalue weighted by atomic mass is 9.86. The number of morpholine rings is 1. The normalized spacial score (nSPS) is 26.4. The van der Waals surface area contributed by atoms with Gasteiger partial charge in [-0.05, 0) is 69.9 Å². The van der Waals surface area contributed by atoms with Crippen molar-refractivity contribution in [1.82, 2.24) is 4.98 Å². The SMILES string of the molecule is C[C@@H]1CN(c2ccc(NC(=O)C3CCC(Oc4cc(Cl)ccn4)CC3)cc2)C[C@H](C)O1. The molecule has 2 atom stereocenters. The predicted octanol–water partition coefficient (Wildman–Crippen LogP) is 4.92. The van der Waals surface area contributed by atoms with Crippen LogP contribution in [0.2, 0.25) is 5.02 Å². The van der Waals surface area contributed by atoms with Gasteiger partial charge in [0, 0.05) is 47.7 Å². The Morgan fingerprint density at radius 3 is 2.42 bits per heavy atom. The Kier molecular flexibility index (Phi) is 6.98. The van der Waals surface area contributed by atoms with Crippen molar-refractivity contribution >= 4 is 28.9 Å². The van der Waals surface area contributed by atoms with E-state index in [0.29, 0.717) is 10.9 Å². The van der Waals surface area contributed by atoms with E-state index in [1.165, 1.54) is 0 Å². The molecule has 1 amide bonds. The van der Waals surface area contributed by atoms with E-state index >= 15 is 0 Å². The maximum absolute atomic E-state index is 12.7. The van der Waals surface area contributed by atoms with Gasteiger partial charge in [-0.1, -0.05) is 11.6 Å². The third kappa shape index (κ3) is 5.89. The van der Waals surface area contributed by atoms with Crippen LogP contribution in [0, 0.1) is 5.92 Å². The quantitative estimate of drug-likeness (QED) is 0.710. The minimum Gasteiger partial charge on any atom is -0.474 e. The molecule has 166 valence electrons. The lowest BCUT2D eigenvalue weighted by Gasteiger charge is -2.36. The molecule has 7 heteroatoms. The number of carbonyl (C=O) groups is 1. The maximum Gasteiger partial charge on any atom is 0.227 e. The van der Waals surface area contributed by atoms with E-state index in [1.54, 1.807) is 18.3 Å². The summed E-state index contributed by atoms with van der Waals surface area (Å²) in [6.07, 6.45) is 5.43. The van der Waals surface area contributed by atoms with Gasteiger partial charge in [-0.25, -0.2) is 4.98 Å². The Balaban J connectivity index is 1.26. The summed E-state index contributed by atoms with van der Waals surface area (Å²) in [6, 6.07) is 11.6. The summed E-state index contributed by atoms with van der Waals surface area (Å²) >= 11 is 5.99. The van der Waals surface area contributed by atoms with Gasteiger partial charge in [0.2, 0.25) is 11.8 Å². The van der Waals surface area contributed by atoms with Crippen molar-refractivity contribution in [2.75, 3.05) is 23.3 Å². The molecule has 1 saturated heterocycles. The molecule has 1 aliphatic carbocycles. The van der Waals surface area contributed by atoms with E-state index < -0.39 is 0 Å². The van der Waals surface area contributed by atoms with Gasteiger partial charge in [0.05, 0.1) is 12.2 Å². The van der Waals surface area contributed by atoms with Crippen molar-refractivity contribution in [1.29, 1.82) is 0 Å². The first kappa shape index (κ1) is 21.9. The minimum absolute atomic E-state index is 0.00721. The molecule has 0 unspecified atom stereocenters. The largest absolute Gasteiger partial charge is 0.474 e. The highest BCUT2D eigenvalue weighted by Crippen LogP contribution is 2.29. The highest BCUT2D eigenvalue weighted by Gasteiger charge is 2.28. The van der Waals surface area contributed by atoms with Crippen molar-refractivity contribution in [3.63, 3.8) is 0 Å². The van der Waals surface area contributed by atoms with E-state index in [-0.39, 0.29) is 30.1 Å². The number of hydrogen-bond donors (Lipinski definition) is 1. The van der Waals surface area contributed by atoms with Gasteiger partial charge >= 0.3 is 0 Å². The standard InChI is InChI=1S/C24H30ClN3O3/c1-16-14-28(15-17(2)30-16)21-7-5-20(6-8-21)27-24(29)18-3-9-22(10-4-18)31-23-13-19(25)11-12-26-23/h5-8,11-13,16-18,22H,3-4,9-10,14-15H2,1-2H3,(H,27,29)/t16-,17+,18?,22?. The Bertz CT molecular complexity index is 874. The molecule has 6 nitrogen and oxygen atoms in total. The fourth-order valence-corrected chi connectivity index (χ4v) is 4.60. The predicted molar refractivity (Wildman–Crippen MR) is 123 cm³/mol. The van der Waals surface area contributed by atoms with E-state index in [4.69, 9.17) is 21.1 Å². The molecule has 0 spiro atoms. The fourth-order valence-electron chi connectivity index (χ4n) is 4.45. The summed E-state index contributed by atoms with van der Waals surface area (Å²) in [7, 11) is 0. The van der Waals surface area contributed by atoms with Crippen LogP contribution in [0.15, 0.2) is 42.6 Å². The van der Waals surface area contributed by atoms with Gasteiger partial charge in [-0.3, -0.25) is 4.79 Å². The summed E-state index contributed by atoms with van der Waals surface area (Å²) in [5, 5.41) is 3.69. The van der Waals surface area contributed by atoms with Crippen LogP contribution < -0.4 is 15.0 Å². The van der Waals surface area contributed by atoms with Crippen LogP contribution in [0.1, 0.15) is 39.5 Å². The number of pyridine rings is 1. The molecule has 1 N–H and O–H groups in total. The zero-order chi connectivity index (χ0) is 21.8. The molecular weight excluding hydrogens is 414 g/mol. The summed E-state index contributed by atoms with van der Waals surface area (Å²) in [6.45, 7) is 5.96. The summed E-state index contributed by atoms with van der Waals surface area (Å²) in [4.78, 5) is 19.3. The number of benzene rings is 1. The summed E-state index contributed by atoms with van der Waals surface area (Å²) in [5.74, 6) is 0.637. The van der Waals surface area contributed by atoms with Crippen LogP contribution >= 0.6 is 11.6 Å². The lowest BCUT2D eigenvalue weighted by Crippen LogP contribution is -2.45. The van der Waals surface area contributed by atoms with Crippen LogP contribution in [-0.2, 0) is 9.53 Å². The molecule has 2 aliphatic rings. The maximum atomic E-state index is 12.7. The molecule has 1 aromatic heterocycles. The van der Waals surface area contributed by atoms with E-state index in [0.717, 1.165) is 50.1 Å². The topological polar surface area (TPSA) is 63.7 Å². The molecule has 2 aromatic rings. The van der Waals surface area contributed by atoms with Crippen LogP contribution in [0.3, 0.4) is 0 Å². The molecular formula is C24H30ClN3O3.